The van der Waals surface area contributed by atoms with Crippen molar-refractivity contribution in [3.05, 3.63) is 75.6 Å². The molecule has 0 bridgehead atoms. The normalized spacial score (nSPS) is 10.5. The molecule has 1 heterocycles. The summed E-state index contributed by atoms with van der Waals surface area (Å²) in [5.41, 5.74) is 8.27. The lowest BCUT2D eigenvalue weighted by Gasteiger charge is -2.07. The fraction of sp³-hybridized carbons (Fsp3) is 0.111. The summed E-state index contributed by atoms with van der Waals surface area (Å²) in [6, 6.07) is 13.5. The fourth-order valence-electron chi connectivity index (χ4n) is 2.67. The first-order valence-electron chi connectivity index (χ1n) is 7.85. The van der Waals surface area contributed by atoms with Crippen molar-refractivity contribution in [2.45, 2.75) is 13.8 Å². The minimum atomic E-state index is -0.615. The third-order valence-electron chi connectivity index (χ3n) is 4.02. The smallest absolute Gasteiger partial charge is 0.292 e. The predicted octanol–water partition coefficient (Wildman–Crippen LogP) is 3.23. The number of amides is 1. The van der Waals surface area contributed by atoms with Gasteiger partial charge in [-0.25, -0.2) is 4.68 Å². The lowest BCUT2D eigenvalue weighted by atomic mass is 10.1. The number of hydrogen-bond donors (Lipinski definition) is 2. The van der Waals surface area contributed by atoms with E-state index in [2.05, 4.69) is 10.4 Å². The molecular weight excluding hydrogens is 334 g/mol. The summed E-state index contributed by atoms with van der Waals surface area (Å²) in [6.45, 7) is 3.63. The van der Waals surface area contributed by atoms with Crippen LogP contribution in [0.3, 0.4) is 0 Å². The minimum absolute atomic E-state index is 0.0100. The molecule has 0 aliphatic heterocycles. The molecule has 0 saturated heterocycles. The molecule has 1 aromatic heterocycles. The molecule has 1 amide bonds. The number of nitro groups is 1. The molecule has 0 unspecified atom stereocenters. The first-order valence-corrected chi connectivity index (χ1v) is 7.85. The molecular formula is C18H17N5O3. The molecule has 0 radical (unpaired) electrons. The van der Waals surface area contributed by atoms with Crippen LogP contribution in [0.5, 0.6) is 0 Å². The van der Waals surface area contributed by atoms with Gasteiger partial charge in [-0.2, -0.15) is 5.10 Å². The zero-order chi connectivity index (χ0) is 18.8. The van der Waals surface area contributed by atoms with Crippen LogP contribution in [-0.4, -0.2) is 20.6 Å². The molecule has 0 fully saturated rings. The number of hydrogen-bond acceptors (Lipinski definition) is 5. The van der Waals surface area contributed by atoms with Crippen LogP contribution in [0.4, 0.5) is 17.1 Å². The van der Waals surface area contributed by atoms with Gasteiger partial charge in [0.2, 0.25) is 0 Å². The summed E-state index contributed by atoms with van der Waals surface area (Å²) in [7, 11) is 0. The standard InChI is InChI=1S/C18H17N5O3/c1-11-17(12(2)22(21-11)14-6-4-3-5-7-14)20-18(24)13-8-9-15(19)16(10-13)23(25)26/h3-10H,19H2,1-2H3,(H,20,24). The van der Waals surface area contributed by atoms with Gasteiger partial charge in [-0.1, -0.05) is 18.2 Å². The van der Waals surface area contributed by atoms with Crippen molar-refractivity contribution in [1.29, 1.82) is 0 Å². The van der Waals surface area contributed by atoms with Crippen LogP contribution in [0.2, 0.25) is 0 Å². The van der Waals surface area contributed by atoms with E-state index < -0.39 is 10.8 Å². The van der Waals surface area contributed by atoms with Crippen molar-refractivity contribution in [2.24, 2.45) is 0 Å². The highest BCUT2D eigenvalue weighted by Crippen LogP contribution is 2.26. The van der Waals surface area contributed by atoms with Crippen LogP contribution in [0, 0.1) is 24.0 Å². The Hall–Kier alpha value is -3.68. The lowest BCUT2D eigenvalue weighted by Crippen LogP contribution is -2.14. The second-order valence-electron chi connectivity index (χ2n) is 5.78. The van der Waals surface area contributed by atoms with Crippen LogP contribution >= 0.6 is 0 Å². The molecule has 3 rings (SSSR count). The molecule has 8 heteroatoms. The Morgan fingerprint density at radius 2 is 1.88 bits per heavy atom. The van der Waals surface area contributed by atoms with E-state index in [-0.39, 0.29) is 16.9 Å². The SMILES string of the molecule is Cc1nn(-c2ccccc2)c(C)c1NC(=O)c1ccc(N)c([N+](=O)[O-])c1. The minimum Gasteiger partial charge on any atom is -0.393 e. The van der Waals surface area contributed by atoms with Crippen molar-refractivity contribution in [3.8, 4) is 5.69 Å². The highest BCUT2D eigenvalue weighted by molar-refractivity contribution is 6.05. The van der Waals surface area contributed by atoms with Gasteiger partial charge in [-0.15, -0.1) is 0 Å². The zero-order valence-electron chi connectivity index (χ0n) is 14.3. The quantitative estimate of drug-likeness (QED) is 0.425. The fourth-order valence-corrected chi connectivity index (χ4v) is 2.67. The van der Waals surface area contributed by atoms with Gasteiger partial charge in [0, 0.05) is 11.6 Å². The molecule has 132 valence electrons. The number of rotatable bonds is 4. The Balaban J connectivity index is 1.92. The number of aryl methyl sites for hydroxylation is 1. The summed E-state index contributed by atoms with van der Waals surface area (Å²) in [6.07, 6.45) is 0. The number of nitro benzene ring substituents is 1. The highest BCUT2D eigenvalue weighted by atomic mass is 16.6. The van der Waals surface area contributed by atoms with Gasteiger partial charge in [-0.05, 0) is 38.1 Å². The second-order valence-corrected chi connectivity index (χ2v) is 5.78. The van der Waals surface area contributed by atoms with Crippen molar-refractivity contribution in [3.63, 3.8) is 0 Å². The second kappa shape index (κ2) is 6.67. The maximum atomic E-state index is 12.5. The Morgan fingerprint density at radius 1 is 1.19 bits per heavy atom. The molecule has 2 aromatic carbocycles. The Bertz CT molecular complexity index is 996. The molecule has 0 spiro atoms. The molecule has 3 N–H and O–H groups in total. The van der Waals surface area contributed by atoms with Crippen LogP contribution in [-0.2, 0) is 0 Å². The number of nitrogen functional groups attached to an aromatic ring is 1. The molecule has 0 atom stereocenters. The predicted molar refractivity (Wildman–Crippen MR) is 98.5 cm³/mol. The van der Waals surface area contributed by atoms with E-state index in [4.69, 9.17) is 5.73 Å². The van der Waals surface area contributed by atoms with E-state index in [0.29, 0.717) is 11.4 Å². The van der Waals surface area contributed by atoms with E-state index in [1.165, 1.54) is 12.1 Å². The van der Waals surface area contributed by atoms with Crippen LogP contribution < -0.4 is 11.1 Å². The number of nitrogens with two attached hydrogens (primary N) is 1. The van der Waals surface area contributed by atoms with E-state index in [9.17, 15) is 14.9 Å². The van der Waals surface area contributed by atoms with Crippen LogP contribution in [0.1, 0.15) is 21.7 Å². The van der Waals surface area contributed by atoms with Gasteiger partial charge in [-0.3, -0.25) is 14.9 Å². The molecule has 3 aromatic rings. The van der Waals surface area contributed by atoms with E-state index in [1.54, 1.807) is 11.6 Å². The van der Waals surface area contributed by atoms with E-state index in [0.717, 1.165) is 17.4 Å². The van der Waals surface area contributed by atoms with Crippen molar-refractivity contribution < 1.29 is 9.72 Å². The topological polar surface area (TPSA) is 116 Å². The monoisotopic (exact) mass is 351 g/mol. The number of nitrogens with one attached hydrogen (secondary N) is 1. The molecule has 0 saturated carbocycles. The number of benzene rings is 2. The zero-order valence-corrected chi connectivity index (χ0v) is 14.3. The lowest BCUT2D eigenvalue weighted by molar-refractivity contribution is -0.383. The van der Waals surface area contributed by atoms with Crippen LogP contribution in [0.25, 0.3) is 5.69 Å². The number of carbonyl (C=O) groups is 1. The summed E-state index contributed by atoms with van der Waals surface area (Å²) in [4.78, 5) is 22.9. The highest BCUT2D eigenvalue weighted by Gasteiger charge is 2.19. The summed E-state index contributed by atoms with van der Waals surface area (Å²) in [5.74, 6) is -0.466. The average Bonchev–Trinajstić information content (AvgIpc) is 2.90. The summed E-state index contributed by atoms with van der Waals surface area (Å²) < 4.78 is 1.73. The molecule has 8 nitrogen and oxygen atoms in total. The maximum Gasteiger partial charge on any atom is 0.292 e. The number of para-hydroxylation sites is 1. The number of nitrogens with zero attached hydrogens (tertiary/aromatic N) is 3. The van der Waals surface area contributed by atoms with Crippen LogP contribution in [0.15, 0.2) is 48.5 Å². The first kappa shape index (κ1) is 17.2. The van der Waals surface area contributed by atoms with Gasteiger partial charge >= 0.3 is 0 Å². The Kier molecular flexibility index (Phi) is 4.40. The van der Waals surface area contributed by atoms with Crippen molar-refractivity contribution >= 4 is 23.0 Å². The molecule has 26 heavy (non-hydrogen) atoms. The van der Waals surface area contributed by atoms with Gasteiger partial charge < -0.3 is 11.1 Å². The average molecular weight is 351 g/mol. The van der Waals surface area contributed by atoms with Crippen molar-refractivity contribution in [1.82, 2.24) is 9.78 Å². The van der Waals surface area contributed by atoms with Gasteiger partial charge in [0.05, 0.1) is 27.7 Å². The molecule has 0 aliphatic rings. The Morgan fingerprint density at radius 3 is 2.54 bits per heavy atom. The van der Waals surface area contributed by atoms with Gasteiger partial charge in [0.25, 0.3) is 11.6 Å². The van der Waals surface area contributed by atoms with E-state index in [1.807, 2.05) is 37.3 Å². The summed E-state index contributed by atoms with van der Waals surface area (Å²) >= 11 is 0. The maximum absolute atomic E-state index is 12.5. The number of anilines is 2. The van der Waals surface area contributed by atoms with E-state index >= 15 is 0 Å². The third-order valence-corrected chi connectivity index (χ3v) is 4.02. The molecule has 0 aliphatic carbocycles. The summed E-state index contributed by atoms with van der Waals surface area (Å²) in [5, 5.41) is 18.2. The number of carbonyl (C=O) groups excluding carboxylic acids is 1. The van der Waals surface area contributed by atoms with Crippen molar-refractivity contribution in [2.75, 3.05) is 11.1 Å². The van der Waals surface area contributed by atoms with Gasteiger partial charge in [0.1, 0.15) is 5.69 Å². The van der Waals surface area contributed by atoms with Gasteiger partial charge in [0.15, 0.2) is 0 Å². The largest absolute Gasteiger partial charge is 0.393 e. The number of aromatic nitrogens is 2. The Labute approximate surface area is 149 Å². The third kappa shape index (κ3) is 3.12. The first-order chi connectivity index (χ1) is 12.4.